The number of benzene rings is 2. The Kier molecular flexibility index (Phi) is 9.95. The Morgan fingerprint density at radius 1 is 0.882 bits per heavy atom. The molecule has 2 rings (SSSR count). The summed E-state index contributed by atoms with van der Waals surface area (Å²) in [5.74, 6) is -0.816. The number of carbonyl (C=O) groups is 3. The zero-order valence-electron chi connectivity index (χ0n) is 20.1. The van der Waals surface area contributed by atoms with E-state index in [4.69, 9.17) is 0 Å². The maximum absolute atomic E-state index is 12.7. The van der Waals surface area contributed by atoms with E-state index in [2.05, 4.69) is 24.7 Å². The van der Waals surface area contributed by atoms with E-state index in [0.717, 1.165) is 12.0 Å². The van der Waals surface area contributed by atoms with Crippen LogP contribution in [0.1, 0.15) is 66.8 Å². The van der Waals surface area contributed by atoms with Crippen molar-refractivity contribution in [2.45, 2.75) is 51.9 Å². The Labute approximate surface area is 201 Å². The van der Waals surface area contributed by atoms with Gasteiger partial charge in [-0.3, -0.25) is 25.2 Å². The van der Waals surface area contributed by atoms with Crippen LogP contribution in [0.3, 0.4) is 0 Å². The summed E-state index contributed by atoms with van der Waals surface area (Å²) in [6.45, 7) is 8.35. The van der Waals surface area contributed by atoms with Gasteiger partial charge in [0.2, 0.25) is 15.9 Å². The number of amides is 2. The number of nitrogens with one attached hydrogen (secondary N) is 2. The third kappa shape index (κ3) is 7.50. The van der Waals surface area contributed by atoms with Crippen molar-refractivity contribution >= 4 is 27.6 Å². The first kappa shape index (κ1) is 27.2. The lowest BCUT2D eigenvalue weighted by atomic mass is 9.99. The van der Waals surface area contributed by atoms with Crippen LogP contribution in [0, 0.1) is 5.92 Å². The smallest absolute Gasteiger partial charge is 0.269 e. The molecule has 2 N–H and O–H groups in total. The van der Waals surface area contributed by atoms with Gasteiger partial charge in [-0.05, 0) is 36.1 Å². The second kappa shape index (κ2) is 12.4. The minimum absolute atomic E-state index is 0.000172. The van der Waals surface area contributed by atoms with Gasteiger partial charge < -0.3 is 0 Å². The standard InChI is InChI=1S/C25H33N3O5S/c1-5-28(6-2)34(32,33)22-9-7-8-21(17-22)25(31)27-26-24(30)15-14-23(29)20-12-10-19(11-13-20)16-18(3)4/h7-13,17-18H,5-6,14-16H2,1-4H3,(H,26,30)(H,27,31). The molecule has 0 saturated carbocycles. The minimum Gasteiger partial charge on any atom is -0.294 e. The second-order valence-corrected chi connectivity index (χ2v) is 10.3. The second-order valence-electron chi connectivity index (χ2n) is 8.34. The predicted molar refractivity (Wildman–Crippen MR) is 131 cm³/mol. The van der Waals surface area contributed by atoms with Crippen LogP contribution >= 0.6 is 0 Å². The molecule has 34 heavy (non-hydrogen) atoms. The van der Waals surface area contributed by atoms with E-state index in [1.165, 1.54) is 28.6 Å². The number of ketones is 1. The van der Waals surface area contributed by atoms with E-state index in [0.29, 0.717) is 24.6 Å². The number of hydrogen-bond donors (Lipinski definition) is 2. The van der Waals surface area contributed by atoms with Gasteiger partial charge in [-0.25, -0.2) is 8.42 Å². The largest absolute Gasteiger partial charge is 0.294 e. The number of rotatable bonds is 11. The fourth-order valence-corrected chi connectivity index (χ4v) is 4.95. The van der Waals surface area contributed by atoms with Gasteiger partial charge in [0.1, 0.15) is 0 Å². The van der Waals surface area contributed by atoms with Crippen molar-refractivity contribution in [1.82, 2.24) is 15.2 Å². The molecule has 0 spiro atoms. The van der Waals surface area contributed by atoms with Crippen LogP contribution in [-0.4, -0.2) is 43.4 Å². The highest BCUT2D eigenvalue weighted by molar-refractivity contribution is 7.89. The average molecular weight is 488 g/mol. The van der Waals surface area contributed by atoms with Crippen molar-refractivity contribution in [3.63, 3.8) is 0 Å². The molecule has 8 nitrogen and oxygen atoms in total. The Hall–Kier alpha value is -3.04. The molecule has 2 amide bonds. The lowest BCUT2D eigenvalue weighted by Crippen LogP contribution is -2.41. The molecule has 2 aromatic rings. The molecule has 0 radical (unpaired) electrons. The summed E-state index contributed by atoms with van der Waals surface area (Å²) in [5, 5.41) is 0. The van der Waals surface area contributed by atoms with Gasteiger partial charge in [-0.1, -0.05) is 58.0 Å². The molecule has 0 atom stereocenters. The minimum atomic E-state index is -3.71. The van der Waals surface area contributed by atoms with Crippen LogP contribution in [0.4, 0.5) is 0 Å². The number of nitrogens with zero attached hydrogens (tertiary/aromatic N) is 1. The molecule has 0 saturated heterocycles. The molecule has 0 unspecified atom stereocenters. The summed E-state index contributed by atoms with van der Waals surface area (Å²) >= 11 is 0. The van der Waals surface area contributed by atoms with E-state index >= 15 is 0 Å². The SMILES string of the molecule is CCN(CC)S(=O)(=O)c1cccc(C(=O)NNC(=O)CCC(=O)c2ccc(CC(C)C)cc2)c1. The van der Waals surface area contributed by atoms with Crippen molar-refractivity contribution in [1.29, 1.82) is 0 Å². The molecule has 0 fully saturated rings. The molecule has 9 heteroatoms. The summed E-state index contributed by atoms with van der Waals surface area (Å²) in [7, 11) is -3.71. The van der Waals surface area contributed by atoms with Crippen molar-refractivity contribution in [2.75, 3.05) is 13.1 Å². The predicted octanol–water partition coefficient (Wildman–Crippen LogP) is 3.34. The van der Waals surface area contributed by atoms with Gasteiger partial charge in [0, 0.05) is 37.1 Å². The first-order chi connectivity index (χ1) is 16.1. The van der Waals surface area contributed by atoms with Gasteiger partial charge in [0.05, 0.1) is 4.90 Å². The normalized spacial score (nSPS) is 11.5. The van der Waals surface area contributed by atoms with Gasteiger partial charge in [0.15, 0.2) is 5.78 Å². The van der Waals surface area contributed by atoms with Crippen LogP contribution in [-0.2, 0) is 21.2 Å². The van der Waals surface area contributed by atoms with Crippen molar-refractivity contribution in [3.8, 4) is 0 Å². The first-order valence-corrected chi connectivity index (χ1v) is 12.8. The van der Waals surface area contributed by atoms with Crippen molar-refractivity contribution < 1.29 is 22.8 Å². The fraction of sp³-hybridized carbons (Fsp3) is 0.400. The van der Waals surface area contributed by atoms with E-state index in [1.54, 1.807) is 26.0 Å². The summed E-state index contributed by atoms with van der Waals surface area (Å²) < 4.78 is 26.6. The van der Waals surface area contributed by atoms with Crippen molar-refractivity contribution in [3.05, 3.63) is 65.2 Å². The lowest BCUT2D eigenvalue weighted by Gasteiger charge is -2.18. The highest BCUT2D eigenvalue weighted by Gasteiger charge is 2.22. The number of carbonyl (C=O) groups excluding carboxylic acids is 3. The van der Waals surface area contributed by atoms with Crippen LogP contribution in [0.25, 0.3) is 0 Å². The van der Waals surface area contributed by atoms with Crippen LogP contribution in [0.5, 0.6) is 0 Å². The van der Waals surface area contributed by atoms with Gasteiger partial charge in [0.25, 0.3) is 5.91 Å². The summed E-state index contributed by atoms with van der Waals surface area (Å²) in [5.41, 5.74) is 6.32. The highest BCUT2D eigenvalue weighted by Crippen LogP contribution is 2.17. The summed E-state index contributed by atoms with van der Waals surface area (Å²) in [4.78, 5) is 36.9. The Morgan fingerprint density at radius 2 is 1.53 bits per heavy atom. The quantitative estimate of drug-likeness (QED) is 0.373. The summed E-state index contributed by atoms with van der Waals surface area (Å²) in [6.07, 6.45) is 0.840. The maximum atomic E-state index is 12.7. The van der Waals surface area contributed by atoms with Gasteiger partial charge in [-0.15, -0.1) is 0 Å². The van der Waals surface area contributed by atoms with Crippen LogP contribution in [0.15, 0.2) is 53.4 Å². The lowest BCUT2D eigenvalue weighted by molar-refractivity contribution is -0.121. The van der Waals surface area contributed by atoms with Gasteiger partial charge >= 0.3 is 0 Å². The number of hydrogen-bond acceptors (Lipinski definition) is 5. The third-order valence-electron chi connectivity index (χ3n) is 5.25. The first-order valence-electron chi connectivity index (χ1n) is 11.4. The molecule has 0 bridgehead atoms. The fourth-order valence-electron chi connectivity index (χ4n) is 3.44. The number of Topliss-reactive ketones (excluding diaryl/α,β-unsaturated/α-hetero) is 1. The Balaban J connectivity index is 1.89. The summed E-state index contributed by atoms with van der Waals surface area (Å²) in [6, 6.07) is 13.0. The third-order valence-corrected chi connectivity index (χ3v) is 7.30. The molecule has 0 heterocycles. The monoisotopic (exact) mass is 487 g/mol. The van der Waals surface area contributed by atoms with Gasteiger partial charge in [-0.2, -0.15) is 4.31 Å². The Bertz CT molecular complexity index is 1110. The van der Waals surface area contributed by atoms with E-state index in [-0.39, 0.29) is 29.1 Å². The Morgan fingerprint density at radius 3 is 2.12 bits per heavy atom. The molecule has 2 aromatic carbocycles. The van der Waals surface area contributed by atoms with E-state index in [9.17, 15) is 22.8 Å². The molecular weight excluding hydrogens is 454 g/mol. The topological polar surface area (TPSA) is 113 Å². The zero-order chi connectivity index (χ0) is 25.3. The van der Waals surface area contributed by atoms with Crippen LogP contribution in [0.2, 0.25) is 0 Å². The molecular formula is C25H33N3O5S. The number of sulfonamides is 1. The average Bonchev–Trinajstić information content (AvgIpc) is 2.81. The maximum Gasteiger partial charge on any atom is 0.269 e. The molecule has 0 aromatic heterocycles. The molecule has 0 aliphatic rings. The highest BCUT2D eigenvalue weighted by atomic mass is 32.2. The molecule has 0 aliphatic carbocycles. The van der Waals surface area contributed by atoms with E-state index in [1.807, 2.05) is 12.1 Å². The molecule has 184 valence electrons. The zero-order valence-corrected chi connectivity index (χ0v) is 20.9. The van der Waals surface area contributed by atoms with E-state index < -0.39 is 21.8 Å². The molecule has 0 aliphatic heterocycles. The number of hydrazine groups is 1. The van der Waals surface area contributed by atoms with Crippen molar-refractivity contribution in [2.24, 2.45) is 5.92 Å². The van der Waals surface area contributed by atoms with Crippen LogP contribution < -0.4 is 10.9 Å².